The fourth-order valence-corrected chi connectivity index (χ4v) is 2.94. The van der Waals surface area contributed by atoms with Crippen molar-refractivity contribution >= 4 is 11.7 Å². The quantitative estimate of drug-likeness (QED) is 0.898. The number of nitriles is 1. The predicted molar refractivity (Wildman–Crippen MR) is 87.7 cm³/mol. The van der Waals surface area contributed by atoms with Crippen LogP contribution in [0.25, 0.3) is 0 Å². The topological polar surface area (TPSA) is 68.2 Å². The Labute approximate surface area is 132 Å². The Morgan fingerprint density at radius 1 is 1.41 bits per heavy atom. The molecule has 5 nitrogen and oxygen atoms in total. The SMILES string of the molecule is CC1CCCCN1C(C)CNC(=O)Nc1ccc(C#N)cc1. The molecule has 2 unspecified atom stereocenters. The molecule has 22 heavy (non-hydrogen) atoms. The van der Waals surface area contributed by atoms with E-state index in [9.17, 15) is 4.79 Å². The van der Waals surface area contributed by atoms with Gasteiger partial charge in [0.25, 0.3) is 0 Å². The van der Waals surface area contributed by atoms with E-state index in [1.807, 2.05) is 0 Å². The molecule has 0 aromatic heterocycles. The molecular weight excluding hydrogens is 276 g/mol. The van der Waals surface area contributed by atoms with Crippen LogP contribution in [0.15, 0.2) is 24.3 Å². The van der Waals surface area contributed by atoms with Crippen LogP contribution in [-0.4, -0.2) is 36.1 Å². The molecule has 1 saturated heterocycles. The summed E-state index contributed by atoms with van der Waals surface area (Å²) in [6, 6.07) is 9.61. The maximum absolute atomic E-state index is 11.9. The van der Waals surface area contributed by atoms with Crippen LogP contribution in [0.2, 0.25) is 0 Å². The van der Waals surface area contributed by atoms with Crippen molar-refractivity contribution in [2.75, 3.05) is 18.4 Å². The second-order valence-corrected chi connectivity index (χ2v) is 5.96. The average molecular weight is 300 g/mol. The van der Waals surface area contributed by atoms with E-state index in [1.165, 1.54) is 19.3 Å². The van der Waals surface area contributed by atoms with Gasteiger partial charge in [0.2, 0.25) is 0 Å². The van der Waals surface area contributed by atoms with Crippen molar-refractivity contribution < 1.29 is 4.79 Å². The maximum Gasteiger partial charge on any atom is 0.319 e. The Hall–Kier alpha value is -2.06. The smallest absolute Gasteiger partial charge is 0.319 e. The molecule has 1 aliphatic rings. The molecule has 1 aromatic rings. The number of hydrogen-bond donors (Lipinski definition) is 2. The van der Waals surface area contributed by atoms with Crippen LogP contribution in [0.5, 0.6) is 0 Å². The van der Waals surface area contributed by atoms with Crippen molar-refractivity contribution in [1.29, 1.82) is 5.26 Å². The molecular formula is C17H24N4O. The summed E-state index contributed by atoms with van der Waals surface area (Å²) in [5.74, 6) is 0. The molecule has 2 rings (SSSR count). The van der Waals surface area contributed by atoms with Crippen LogP contribution in [0, 0.1) is 11.3 Å². The minimum absolute atomic E-state index is 0.207. The van der Waals surface area contributed by atoms with Gasteiger partial charge < -0.3 is 10.6 Å². The first-order chi connectivity index (χ1) is 10.6. The summed E-state index contributed by atoms with van der Waals surface area (Å²) >= 11 is 0. The van der Waals surface area contributed by atoms with E-state index in [0.717, 1.165) is 6.54 Å². The van der Waals surface area contributed by atoms with Crippen LogP contribution in [0.4, 0.5) is 10.5 Å². The van der Waals surface area contributed by atoms with Gasteiger partial charge in [-0.3, -0.25) is 4.90 Å². The molecule has 0 bridgehead atoms. The van der Waals surface area contributed by atoms with Crippen LogP contribution in [-0.2, 0) is 0 Å². The van der Waals surface area contributed by atoms with Gasteiger partial charge in [-0.25, -0.2) is 4.79 Å². The van der Waals surface area contributed by atoms with Gasteiger partial charge in [-0.05, 0) is 57.5 Å². The third-order valence-electron chi connectivity index (χ3n) is 4.25. The number of likely N-dealkylation sites (tertiary alicyclic amines) is 1. The van der Waals surface area contributed by atoms with Crippen LogP contribution in [0.1, 0.15) is 38.7 Å². The number of benzene rings is 1. The van der Waals surface area contributed by atoms with Crippen molar-refractivity contribution in [3.8, 4) is 6.07 Å². The van der Waals surface area contributed by atoms with E-state index in [1.54, 1.807) is 24.3 Å². The van der Waals surface area contributed by atoms with Crippen LogP contribution < -0.4 is 10.6 Å². The Morgan fingerprint density at radius 3 is 2.77 bits per heavy atom. The Balaban J connectivity index is 1.78. The molecule has 5 heteroatoms. The number of amides is 2. The third-order valence-corrected chi connectivity index (χ3v) is 4.25. The summed E-state index contributed by atoms with van der Waals surface area (Å²) in [6.07, 6.45) is 3.78. The first-order valence-electron chi connectivity index (χ1n) is 7.91. The summed E-state index contributed by atoms with van der Waals surface area (Å²) in [7, 11) is 0. The lowest BCUT2D eigenvalue weighted by Crippen LogP contribution is -2.49. The second-order valence-electron chi connectivity index (χ2n) is 5.96. The van der Waals surface area contributed by atoms with E-state index >= 15 is 0 Å². The lowest BCUT2D eigenvalue weighted by Gasteiger charge is -2.38. The second kappa shape index (κ2) is 7.81. The minimum Gasteiger partial charge on any atom is -0.336 e. The molecule has 0 saturated carbocycles. The van der Waals surface area contributed by atoms with Gasteiger partial charge >= 0.3 is 6.03 Å². The maximum atomic E-state index is 11.9. The zero-order valence-electron chi connectivity index (χ0n) is 13.3. The summed E-state index contributed by atoms with van der Waals surface area (Å²) < 4.78 is 0. The molecule has 0 radical (unpaired) electrons. The van der Waals surface area contributed by atoms with Crippen molar-refractivity contribution in [2.24, 2.45) is 0 Å². The number of carbonyl (C=O) groups excluding carboxylic acids is 1. The van der Waals surface area contributed by atoms with Crippen molar-refractivity contribution in [2.45, 2.75) is 45.2 Å². The van der Waals surface area contributed by atoms with E-state index in [4.69, 9.17) is 5.26 Å². The fraction of sp³-hybridized carbons (Fsp3) is 0.529. The van der Waals surface area contributed by atoms with E-state index in [0.29, 0.717) is 29.9 Å². The van der Waals surface area contributed by atoms with Gasteiger partial charge in [0.1, 0.15) is 0 Å². The van der Waals surface area contributed by atoms with Gasteiger partial charge in [-0.15, -0.1) is 0 Å². The van der Waals surface area contributed by atoms with E-state index in [-0.39, 0.29) is 6.03 Å². The first-order valence-corrected chi connectivity index (χ1v) is 7.91. The number of carbonyl (C=O) groups is 1. The van der Waals surface area contributed by atoms with E-state index < -0.39 is 0 Å². The highest BCUT2D eigenvalue weighted by atomic mass is 16.2. The molecule has 118 valence electrons. The van der Waals surface area contributed by atoms with E-state index in [2.05, 4.69) is 35.5 Å². The molecule has 1 heterocycles. The third kappa shape index (κ3) is 4.47. The zero-order chi connectivity index (χ0) is 15.9. The number of rotatable bonds is 4. The fourth-order valence-electron chi connectivity index (χ4n) is 2.94. The highest BCUT2D eigenvalue weighted by Gasteiger charge is 2.23. The molecule has 2 atom stereocenters. The van der Waals surface area contributed by atoms with Crippen molar-refractivity contribution in [3.05, 3.63) is 29.8 Å². The van der Waals surface area contributed by atoms with Gasteiger partial charge in [-0.2, -0.15) is 5.26 Å². The van der Waals surface area contributed by atoms with Crippen molar-refractivity contribution in [3.63, 3.8) is 0 Å². The summed E-state index contributed by atoms with van der Waals surface area (Å²) in [4.78, 5) is 14.4. The Kier molecular flexibility index (Phi) is 5.79. The number of piperidine rings is 1. The number of nitrogens with one attached hydrogen (secondary N) is 2. The summed E-state index contributed by atoms with van der Waals surface area (Å²) in [5.41, 5.74) is 1.27. The normalized spacial score (nSPS) is 20.0. The first kappa shape index (κ1) is 16.3. The Bertz CT molecular complexity index is 535. The molecule has 2 N–H and O–H groups in total. The van der Waals surface area contributed by atoms with Gasteiger partial charge in [0.05, 0.1) is 11.6 Å². The molecule has 0 aliphatic carbocycles. The van der Waals surface area contributed by atoms with Gasteiger partial charge in [0.15, 0.2) is 0 Å². The highest BCUT2D eigenvalue weighted by molar-refractivity contribution is 5.89. The molecule has 1 aliphatic heterocycles. The van der Waals surface area contributed by atoms with Crippen LogP contribution in [0.3, 0.4) is 0 Å². The number of anilines is 1. The molecule has 1 fully saturated rings. The van der Waals surface area contributed by atoms with Crippen molar-refractivity contribution in [1.82, 2.24) is 10.2 Å². The number of nitrogens with zero attached hydrogens (tertiary/aromatic N) is 2. The molecule has 0 spiro atoms. The average Bonchev–Trinajstić information content (AvgIpc) is 2.54. The van der Waals surface area contributed by atoms with Gasteiger partial charge in [-0.1, -0.05) is 6.42 Å². The minimum atomic E-state index is -0.207. The zero-order valence-corrected chi connectivity index (χ0v) is 13.3. The van der Waals surface area contributed by atoms with Gasteiger partial charge in [0, 0.05) is 24.3 Å². The summed E-state index contributed by atoms with van der Waals surface area (Å²) in [5, 5.41) is 14.5. The summed E-state index contributed by atoms with van der Waals surface area (Å²) in [6.45, 7) is 6.16. The standard InChI is InChI=1S/C17H24N4O/c1-13-5-3-4-10-21(13)14(2)12-19-17(22)20-16-8-6-15(11-18)7-9-16/h6-9,13-14H,3-5,10,12H2,1-2H3,(H2,19,20,22). The molecule has 1 aromatic carbocycles. The number of hydrogen-bond acceptors (Lipinski definition) is 3. The monoisotopic (exact) mass is 300 g/mol. The number of urea groups is 1. The molecule has 2 amide bonds. The lowest BCUT2D eigenvalue weighted by atomic mass is 10.0. The Morgan fingerprint density at radius 2 is 2.14 bits per heavy atom. The largest absolute Gasteiger partial charge is 0.336 e. The predicted octanol–water partition coefficient (Wildman–Crippen LogP) is 2.94. The highest BCUT2D eigenvalue weighted by Crippen LogP contribution is 2.18. The van der Waals surface area contributed by atoms with Crippen LogP contribution >= 0.6 is 0 Å². The lowest BCUT2D eigenvalue weighted by molar-refractivity contribution is 0.114.